The quantitative estimate of drug-likeness (QED) is 0.784. The van der Waals surface area contributed by atoms with E-state index in [9.17, 15) is 9.59 Å². The molecule has 1 fully saturated rings. The van der Waals surface area contributed by atoms with Crippen LogP contribution in [0.15, 0.2) is 10.9 Å². The van der Waals surface area contributed by atoms with Gasteiger partial charge in [-0.3, -0.25) is 9.59 Å². The fraction of sp³-hybridized carbons (Fsp3) is 0.571. The highest BCUT2D eigenvalue weighted by Gasteiger charge is 2.22. The van der Waals surface area contributed by atoms with Crippen LogP contribution in [0.25, 0.3) is 4.96 Å². The predicted octanol–water partition coefficient (Wildman–Crippen LogP) is -1.04. The third-order valence-electron chi connectivity index (χ3n) is 3.99. The highest BCUT2D eigenvalue weighted by molar-refractivity contribution is 7.16. The van der Waals surface area contributed by atoms with Gasteiger partial charge in [0.2, 0.25) is 10.9 Å². The van der Waals surface area contributed by atoms with Gasteiger partial charge < -0.3 is 9.80 Å². The lowest BCUT2D eigenvalue weighted by Crippen LogP contribution is -3.13. The lowest BCUT2D eigenvalue weighted by molar-refractivity contribution is -0.917. The van der Waals surface area contributed by atoms with E-state index in [1.54, 1.807) is 13.0 Å². The van der Waals surface area contributed by atoms with Gasteiger partial charge in [0.15, 0.2) is 0 Å². The molecule has 2 aromatic rings. The Balaban J connectivity index is 1.74. The molecule has 0 radical (unpaired) electrons. The van der Waals surface area contributed by atoms with E-state index in [0.29, 0.717) is 4.96 Å². The van der Waals surface area contributed by atoms with Gasteiger partial charge >= 0.3 is 0 Å². The topological polar surface area (TPSA) is 72.0 Å². The van der Waals surface area contributed by atoms with Gasteiger partial charge in [0, 0.05) is 13.0 Å². The number of aromatic nitrogens is 3. The van der Waals surface area contributed by atoms with E-state index in [0.717, 1.165) is 49.8 Å². The normalized spacial score (nSPS) is 16.4. The largest absolute Gasteiger partial charge is 0.332 e. The number of nitrogens with one attached hydrogen (secondary N) is 1. The number of aryl methyl sites for hydroxylation is 1. The maximum atomic E-state index is 12.1. The van der Waals surface area contributed by atoms with Crippen molar-refractivity contribution in [3.63, 3.8) is 0 Å². The van der Waals surface area contributed by atoms with Crippen molar-refractivity contribution in [3.8, 4) is 0 Å². The first-order chi connectivity index (χ1) is 10.6. The zero-order chi connectivity index (χ0) is 15.7. The number of quaternary nitrogens is 1. The van der Waals surface area contributed by atoms with E-state index in [-0.39, 0.29) is 11.5 Å². The van der Waals surface area contributed by atoms with Crippen LogP contribution in [0.4, 0.5) is 0 Å². The summed E-state index contributed by atoms with van der Waals surface area (Å²) in [5.41, 5.74) is 0.695. The fourth-order valence-corrected chi connectivity index (χ4v) is 3.56. The van der Waals surface area contributed by atoms with E-state index in [1.165, 1.54) is 20.8 Å². The molecule has 2 aromatic heterocycles. The number of rotatable bonds is 3. The van der Waals surface area contributed by atoms with E-state index in [2.05, 4.69) is 10.1 Å². The van der Waals surface area contributed by atoms with Crippen LogP contribution < -0.4 is 10.5 Å². The maximum Gasteiger partial charge on any atom is 0.275 e. The molecule has 0 aromatic carbocycles. The Morgan fingerprint density at radius 2 is 2.14 bits per heavy atom. The van der Waals surface area contributed by atoms with E-state index in [1.807, 2.05) is 11.8 Å². The van der Waals surface area contributed by atoms with Crippen molar-refractivity contribution in [3.05, 3.63) is 27.1 Å². The summed E-state index contributed by atoms with van der Waals surface area (Å²) in [4.78, 5) is 31.9. The minimum absolute atomic E-state index is 0.113. The summed E-state index contributed by atoms with van der Waals surface area (Å²) < 4.78 is 1.38. The number of amides is 1. The molecule has 118 valence electrons. The van der Waals surface area contributed by atoms with Crippen LogP contribution >= 0.6 is 11.3 Å². The lowest BCUT2D eigenvalue weighted by Gasteiger charge is -2.31. The van der Waals surface area contributed by atoms with Crippen LogP contribution in [-0.4, -0.2) is 51.6 Å². The van der Waals surface area contributed by atoms with Gasteiger partial charge in [0.25, 0.3) is 5.56 Å². The highest BCUT2D eigenvalue weighted by Crippen LogP contribution is 2.11. The van der Waals surface area contributed by atoms with Gasteiger partial charge in [-0.1, -0.05) is 18.3 Å². The predicted molar refractivity (Wildman–Crippen MR) is 83.2 cm³/mol. The first-order valence-electron chi connectivity index (χ1n) is 7.54. The van der Waals surface area contributed by atoms with Crippen molar-refractivity contribution in [1.82, 2.24) is 19.5 Å². The number of fused-ring (bicyclic) bond motifs is 1. The number of carbonyl (C=O) groups excluding carboxylic acids is 1. The van der Waals surface area contributed by atoms with Gasteiger partial charge in [0.1, 0.15) is 17.2 Å². The number of hydrogen-bond acceptors (Lipinski definition) is 5. The zero-order valence-corrected chi connectivity index (χ0v) is 13.7. The summed E-state index contributed by atoms with van der Waals surface area (Å²) in [5, 5.41) is 5.18. The molecule has 7 nitrogen and oxygen atoms in total. The molecular formula is C14H20N5O2S+. The van der Waals surface area contributed by atoms with Gasteiger partial charge in [-0.2, -0.15) is 9.61 Å². The molecule has 0 saturated carbocycles. The molecule has 0 atom stereocenters. The monoisotopic (exact) mass is 322 g/mol. The van der Waals surface area contributed by atoms with Crippen LogP contribution in [0.3, 0.4) is 0 Å². The average molecular weight is 322 g/mol. The smallest absolute Gasteiger partial charge is 0.275 e. The third kappa shape index (κ3) is 3.02. The van der Waals surface area contributed by atoms with Crippen molar-refractivity contribution in [2.45, 2.75) is 26.8 Å². The van der Waals surface area contributed by atoms with Crippen molar-refractivity contribution in [2.75, 3.05) is 26.2 Å². The minimum atomic E-state index is -0.113. The minimum Gasteiger partial charge on any atom is -0.332 e. The Labute approximate surface area is 132 Å². The summed E-state index contributed by atoms with van der Waals surface area (Å²) in [5.74, 6) is 0.133. The van der Waals surface area contributed by atoms with Crippen LogP contribution in [0, 0.1) is 0 Å². The Morgan fingerprint density at radius 1 is 1.41 bits per heavy atom. The standard InChI is InChI=1S/C14H19N5O2S/c1-3-12-16-19-13(21)8-11(15-14(19)22-12)9-17-4-6-18(7-5-17)10(2)20/h8H,3-7,9H2,1-2H3/p+1. The maximum absolute atomic E-state index is 12.1. The zero-order valence-electron chi connectivity index (χ0n) is 12.8. The Bertz CT molecular complexity index is 745. The first-order valence-corrected chi connectivity index (χ1v) is 8.36. The summed E-state index contributed by atoms with van der Waals surface area (Å²) in [7, 11) is 0. The number of nitrogens with zero attached hydrogens (tertiary/aromatic N) is 4. The molecule has 1 saturated heterocycles. The average Bonchev–Trinajstić information content (AvgIpc) is 2.91. The number of piperazine rings is 1. The van der Waals surface area contributed by atoms with Crippen LogP contribution in [0.2, 0.25) is 0 Å². The SMILES string of the molecule is CCc1nn2c(=O)cc(C[NH+]3CCN(C(C)=O)CC3)nc2s1. The number of hydrogen-bond donors (Lipinski definition) is 1. The van der Waals surface area contributed by atoms with Gasteiger partial charge in [-0.05, 0) is 6.42 Å². The van der Waals surface area contributed by atoms with E-state index in [4.69, 9.17) is 0 Å². The molecule has 0 spiro atoms. The molecule has 1 aliphatic heterocycles. The van der Waals surface area contributed by atoms with Crippen LogP contribution in [-0.2, 0) is 17.8 Å². The summed E-state index contributed by atoms with van der Waals surface area (Å²) in [6.07, 6.45) is 0.807. The highest BCUT2D eigenvalue weighted by atomic mass is 32.1. The van der Waals surface area contributed by atoms with Crippen molar-refractivity contribution < 1.29 is 9.69 Å². The molecule has 1 amide bonds. The Morgan fingerprint density at radius 3 is 2.77 bits per heavy atom. The van der Waals surface area contributed by atoms with Gasteiger partial charge in [-0.15, -0.1) is 0 Å². The van der Waals surface area contributed by atoms with Crippen LogP contribution in [0.5, 0.6) is 0 Å². The van der Waals surface area contributed by atoms with Gasteiger partial charge in [-0.25, -0.2) is 4.98 Å². The van der Waals surface area contributed by atoms with E-state index < -0.39 is 0 Å². The molecular weight excluding hydrogens is 302 g/mol. The van der Waals surface area contributed by atoms with Crippen molar-refractivity contribution in [1.29, 1.82) is 0 Å². The second kappa shape index (κ2) is 6.13. The van der Waals surface area contributed by atoms with Gasteiger partial charge in [0.05, 0.1) is 26.2 Å². The van der Waals surface area contributed by atoms with Crippen molar-refractivity contribution >= 4 is 22.2 Å². The molecule has 3 heterocycles. The summed E-state index contributed by atoms with van der Waals surface area (Å²) in [6, 6.07) is 1.58. The second-order valence-electron chi connectivity index (χ2n) is 5.56. The Hall–Kier alpha value is -1.80. The lowest BCUT2D eigenvalue weighted by atomic mass is 10.3. The molecule has 8 heteroatoms. The first kappa shape index (κ1) is 15.1. The molecule has 0 bridgehead atoms. The summed E-state index contributed by atoms with van der Waals surface area (Å²) in [6.45, 7) is 7.67. The summed E-state index contributed by atoms with van der Waals surface area (Å²) >= 11 is 1.47. The molecule has 3 rings (SSSR count). The van der Waals surface area contributed by atoms with E-state index >= 15 is 0 Å². The third-order valence-corrected chi connectivity index (χ3v) is 5.04. The van der Waals surface area contributed by atoms with Crippen LogP contribution in [0.1, 0.15) is 24.5 Å². The molecule has 22 heavy (non-hydrogen) atoms. The van der Waals surface area contributed by atoms with Crippen molar-refractivity contribution in [2.24, 2.45) is 0 Å². The Kier molecular flexibility index (Phi) is 4.21. The molecule has 0 aliphatic carbocycles. The fourth-order valence-electron chi connectivity index (χ4n) is 2.70. The molecule has 1 N–H and O–H groups in total. The number of carbonyl (C=O) groups is 1. The molecule has 1 aliphatic rings. The second-order valence-corrected chi connectivity index (χ2v) is 6.60. The molecule has 0 unspecified atom stereocenters.